The number of carboxylic acid groups (broad SMARTS) is 1. The largest absolute Gasteiger partial charge is 0.490 e. The minimum atomic E-state index is -0.250. The van der Waals surface area contributed by atoms with Gasteiger partial charge in [-0.1, -0.05) is 43.7 Å². The summed E-state index contributed by atoms with van der Waals surface area (Å²) in [5.74, 6) is 0.700. The van der Waals surface area contributed by atoms with Gasteiger partial charge < -0.3 is 15.2 Å². The van der Waals surface area contributed by atoms with Crippen molar-refractivity contribution in [1.82, 2.24) is 15.1 Å². The molecule has 35 heavy (non-hydrogen) atoms. The maximum Gasteiger partial charge on any atom is 0.290 e. The fourth-order valence-corrected chi connectivity index (χ4v) is 4.92. The Hall–Kier alpha value is -2.55. The highest BCUT2D eigenvalue weighted by Crippen LogP contribution is 2.50. The molecule has 0 bridgehead atoms. The summed E-state index contributed by atoms with van der Waals surface area (Å²) in [6.07, 6.45) is 8.22. The first-order chi connectivity index (χ1) is 17.1. The van der Waals surface area contributed by atoms with Gasteiger partial charge in [-0.3, -0.25) is 24.6 Å². The van der Waals surface area contributed by atoms with Gasteiger partial charge in [-0.2, -0.15) is 0 Å². The first-order valence-electron chi connectivity index (χ1n) is 12.6. The van der Waals surface area contributed by atoms with Crippen LogP contribution < -0.4 is 5.32 Å². The number of ether oxygens (including phenoxy) is 1. The minimum absolute atomic E-state index is 0.250. The normalized spacial score (nSPS) is 17.5. The van der Waals surface area contributed by atoms with E-state index in [4.69, 9.17) is 14.6 Å². The number of nitrogens with one attached hydrogen (secondary N) is 1. The van der Waals surface area contributed by atoms with E-state index in [0.717, 1.165) is 45.6 Å². The summed E-state index contributed by atoms with van der Waals surface area (Å²) in [7, 11) is 2.03. The second-order valence-corrected chi connectivity index (χ2v) is 9.39. The summed E-state index contributed by atoms with van der Waals surface area (Å²) in [6, 6.07) is 11.5. The standard InChI is InChI=1S/C26H41N5O.CH2O2/c1-4-5-15-32-25(18-28-3)19-29-12-14-31(13-11-27-2)24-16-26(17-24)21-30(22-26)20-23-9-7-6-8-10-23;2-1-3/h6-10,18-19,24,27H,3-5,11-17,20-22H2,1-2H3;1H,(H,2,3)/b25-18+,29-19?;. The predicted molar refractivity (Wildman–Crippen MR) is 143 cm³/mol. The molecule has 1 saturated heterocycles. The Morgan fingerprint density at radius 2 is 2.03 bits per heavy atom. The summed E-state index contributed by atoms with van der Waals surface area (Å²) >= 11 is 0. The Balaban J connectivity index is 0.00000137. The third-order valence-electron chi connectivity index (χ3n) is 6.59. The van der Waals surface area contributed by atoms with Gasteiger partial charge in [0.25, 0.3) is 6.47 Å². The Morgan fingerprint density at radius 3 is 2.66 bits per heavy atom. The average Bonchev–Trinajstić information content (AvgIpc) is 2.81. The first kappa shape index (κ1) is 28.7. The van der Waals surface area contributed by atoms with E-state index in [-0.39, 0.29) is 6.47 Å². The van der Waals surface area contributed by atoms with Crippen molar-refractivity contribution in [2.24, 2.45) is 15.4 Å². The molecule has 1 aromatic rings. The van der Waals surface area contributed by atoms with Crippen molar-refractivity contribution in [2.75, 3.05) is 52.9 Å². The maximum absolute atomic E-state index is 8.36. The zero-order chi connectivity index (χ0) is 25.4. The molecule has 1 heterocycles. The summed E-state index contributed by atoms with van der Waals surface area (Å²) in [5, 5.41) is 10.2. The van der Waals surface area contributed by atoms with Crippen molar-refractivity contribution in [2.45, 2.75) is 45.2 Å². The topological polar surface area (TPSA) is 89.8 Å². The van der Waals surface area contributed by atoms with E-state index < -0.39 is 0 Å². The highest BCUT2D eigenvalue weighted by atomic mass is 16.5. The van der Waals surface area contributed by atoms with Crippen LogP contribution >= 0.6 is 0 Å². The fraction of sp³-hybridized carbons (Fsp3) is 0.593. The zero-order valence-electron chi connectivity index (χ0n) is 21.4. The smallest absolute Gasteiger partial charge is 0.290 e. The lowest BCUT2D eigenvalue weighted by Gasteiger charge is -2.61. The maximum atomic E-state index is 8.36. The summed E-state index contributed by atoms with van der Waals surface area (Å²) in [4.78, 5) is 22.0. The highest BCUT2D eigenvalue weighted by Gasteiger charge is 2.53. The third-order valence-corrected chi connectivity index (χ3v) is 6.59. The van der Waals surface area contributed by atoms with E-state index in [2.05, 4.69) is 69.1 Å². The van der Waals surface area contributed by atoms with Crippen molar-refractivity contribution in [3.63, 3.8) is 0 Å². The van der Waals surface area contributed by atoms with Gasteiger partial charge in [0.1, 0.15) is 0 Å². The van der Waals surface area contributed by atoms with E-state index in [1.807, 2.05) is 7.05 Å². The van der Waals surface area contributed by atoms with Crippen LogP contribution in [0, 0.1) is 5.41 Å². The van der Waals surface area contributed by atoms with Gasteiger partial charge in [0, 0.05) is 45.3 Å². The van der Waals surface area contributed by atoms with Crippen LogP contribution in [0.5, 0.6) is 0 Å². The van der Waals surface area contributed by atoms with Crippen molar-refractivity contribution in [3.05, 3.63) is 47.9 Å². The molecule has 0 unspecified atom stereocenters. The number of aliphatic imine (C=N–C) groups is 2. The van der Waals surface area contributed by atoms with Crippen LogP contribution in [0.1, 0.15) is 38.2 Å². The number of hydrogen-bond donors (Lipinski definition) is 2. The van der Waals surface area contributed by atoms with E-state index in [1.165, 1.54) is 31.5 Å². The molecule has 3 rings (SSSR count). The fourth-order valence-electron chi connectivity index (χ4n) is 4.92. The molecule has 1 saturated carbocycles. The Bertz CT molecular complexity index is 785. The number of likely N-dealkylation sites (N-methyl/N-ethyl adjacent to an activating group) is 1. The predicted octanol–water partition coefficient (Wildman–Crippen LogP) is 3.30. The summed E-state index contributed by atoms with van der Waals surface area (Å²) in [5.41, 5.74) is 1.98. The van der Waals surface area contributed by atoms with E-state index >= 15 is 0 Å². The second kappa shape index (κ2) is 16.2. The highest BCUT2D eigenvalue weighted by molar-refractivity contribution is 5.75. The van der Waals surface area contributed by atoms with Gasteiger partial charge in [0.2, 0.25) is 0 Å². The number of allylic oxidation sites excluding steroid dienone is 1. The number of benzene rings is 1. The summed E-state index contributed by atoms with van der Waals surface area (Å²) in [6.45, 7) is 13.6. The molecule has 0 radical (unpaired) electrons. The van der Waals surface area contributed by atoms with Crippen molar-refractivity contribution in [1.29, 1.82) is 0 Å². The van der Waals surface area contributed by atoms with E-state index in [0.29, 0.717) is 23.8 Å². The Kier molecular flexibility index (Phi) is 13.3. The molecule has 0 amide bonds. The molecule has 2 aliphatic rings. The van der Waals surface area contributed by atoms with E-state index in [1.54, 1.807) is 12.4 Å². The van der Waals surface area contributed by atoms with Crippen LogP contribution in [-0.2, 0) is 16.1 Å². The van der Waals surface area contributed by atoms with Crippen LogP contribution in [0.2, 0.25) is 0 Å². The molecular formula is C27H43N5O3. The lowest BCUT2D eigenvalue weighted by molar-refractivity contribution is -0.122. The minimum Gasteiger partial charge on any atom is -0.490 e. The lowest BCUT2D eigenvalue weighted by Crippen LogP contribution is -2.66. The molecule has 1 spiro atoms. The molecule has 1 aliphatic carbocycles. The summed E-state index contributed by atoms with van der Waals surface area (Å²) < 4.78 is 5.73. The van der Waals surface area contributed by atoms with Gasteiger partial charge in [0.15, 0.2) is 5.76 Å². The van der Waals surface area contributed by atoms with Crippen LogP contribution in [0.4, 0.5) is 0 Å². The van der Waals surface area contributed by atoms with Crippen LogP contribution in [-0.4, -0.2) is 93.3 Å². The number of unbranched alkanes of at least 4 members (excludes halogenated alkanes) is 1. The van der Waals surface area contributed by atoms with Crippen molar-refractivity contribution < 1.29 is 14.6 Å². The molecule has 8 nitrogen and oxygen atoms in total. The molecule has 194 valence electrons. The monoisotopic (exact) mass is 485 g/mol. The van der Waals surface area contributed by atoms with Crippen LogP contribution in [0.25, 0.3) is 0 Å². The van der Waals surface area contributed by atoms with Gasteiger partial charge >= 0.3 is 0 Å². The average molecular weight is 486 g/mol. The lowest BCUT2D eigenvalue weighted by atomic mass is 9.60. The van der Waals surface area contributed by atoms with Gasteiger partial charge in [-0.25, -0.2) is 0 Å². The Morgan fingerprint density at radius 1 is 1.31 bits per heavy atom. The molecule has 1 aliphatic heterocycles. The number of hydrogen-bond acceptors (Lipinski definition) is 7. The molecule has 8 heteroatoms. The number of likely N-dealkylation sites (tertiary alicyclic amines) is 1. The molecule has 2 N–H and O–H groups in total. The van der Waals surface area contributed by atoms with Gasteiger partial charge in [0.05, 0.1) is 25.6 Å². The molecule has 1 aromatic carbocycles. The second-order valence-electron chi connectivity index (χ2n) is 9.39. The molecule has 0 aromatic heterocycles. The SMILES string of the molecule is C=N/C=C(\C=NCCN(CCNC)C1CC2(C1)CN(Cc1ccccc1)C2)OCCCC.O=CO. The molecule has 0 atom stereocenters. The van der Waals surface area contributed by atoms with E-state index in [9.17, 15) is 0 Å². The van der Waals surface area contributed by atoms with Crippen molar-refractivity contribution in [3.8, 4) is 0 Å². The Labute approximate surface area is 210 Å². The number of carbonyl (C=O) groups is 1. The quantitative estimate of drug-likeness (QED) is 0.171. The van der Waals surface area contributed by atoms with Crippen LogP contribution in [0.15, 0.2) is 52.3 Å². The van der Waals surface area contributed by atoms with Crippen LogP contribution in [0.3, 0.4) is 0 Å². The zero-order valence-corrected chi connectivity index (χ0v) is 21.4. The molecular weight excluding hydrogens is 442 g/mol. The first-order valence-corrected chi connectivity index (χ1v) is 12.6. The molecule has 2 fully saturated rings. The van der Waals surface area contributed by atoms with Gasteiger partial charge in [-0.05, 0) is 44.0 Å². The van der Waals surface area contributed by atoms with Crippen molar-refractivity contribution >= 4 is 19.4 Å². The number of nitrogens with zero attached hydrogens (tertiary/aromatic N) is 4. The van der Waals surface area contributed by atoms with Gasteiger partial charge in [-0.15, -0.1) is 0 Å². The third kappa shape index (κ3) is 9.92. The number of rotatable bonds is 15.